The van der Waals surface area contributed by atoms with Gasteiger partial charge >= 0.3 is 6.09 Å². The van der Waals surface area contributed by atoms with Gasteiger partial charge in [0, 0.05) is 19.5 Å². The lowest BCUT2D eigenvalue weighted by Crippen LogP contribution is -2.43. The average molecular weight is 457 g/mol. The van der Waals surface area contributed by atoms with Gasteiger partial charge in [0.25, 0.3) is 0 Å². The number of unbranched alkanes of at least 4 members (excludes halogenated alkanes) is 1. The van der Waals surface area contributed by atoms with Crippen molar-refractivity contribution in [1.29, 1.82) is 0 Å². The highest BCUT2D eigenvalue weighted by atomic mass is 16.6. The summed E-state index contributed by atoms with van der Waals surface area (Å²) in [5.41, 5.74) is 0.568. The van der Waals surface area contributed by atoms with Crippen molar-refractivity contribution in [2.75, 3.05) is 19.6 Å². The molecule has 3 atom stereocenters. The number of amides is 3. The zero-order chi connectivity index (χ0) is 23.6. The van der Waals surface area contributed by atoms with Crippen molar-refractivity contribution in [3.8, 4) is 5.75 Å². The first-order chi connectivity index (χ1) is 15.7. The van der Waals surface area contributed by atoms with Gasteiger partial charge in [-0.2, -0.15) is 0 Å². The molecule has 7 heteroatoms. The number of likely N-dealkylation sites (tertiary alicyclic amines) is 1. The molecule has 2 fully saturated rings. The molecule has 0 aromatic heterocycles. The third kappa shape index (κ3) is 5.50. The van der Waals surface area contributed by atoms with E-state index < -0.39 is 5.60 Å². The van der Waals surface area contributed by atoms with Crippen LogP contribution in [0.1, 0.15) is 64.9 Å². The van der Waals surface area contributed by atoms with E-state index in [1.807, 2.05) is 39.0 Å². The van der Waals surface area contributed by atoms with Gasteiger partial charge in [0.2, 0.25) is 11.8 Å². The van der Waals surface area contributed by atoms with Crippen molar-refractivity contribution in [2.45, 2.75) is 77.4 Å². The van der Waals surface area contributed by atoms with Crippen molar-refractivity contribution in [2.24, 2.45) is 11.8 Å². The van der Waals surface area contributed by atoms with Crippen molar-refractivity contribution >= 4 is 17.9 Å². The lowest BCUT2D eigenvalue weighted by atomic mass is 9.81. The summed E-state index contributed by atoms with van der Waals surface area (Å²) < 4.78 is 11.7. The second kappa shape index (κ2) is 9.74. The van der Waals surface area contributed by atoms with E-state index in [9.17, 15) is 14.4 Å². The summed E-state index contributed by atoms with van der Waals surface area (Å²) >= 11 is 0. The maximum Gasteiger partial charge on any atom is 0.410 e. The summed E-state index contributed by atoms with van der Waals surface area (Å²) in [4.78, 5) is 41.4. The van der Waals surface area contributed by atoms with E-state index in [1.54, 1.807) is 4.90 Å². The number of ether oxygens (including phenoxy) is 2. The SMILES string of the molecule is CC(C)(C)OC(=O)N(CCCCN1C(=O)[C@H]2CCCC[C@H]2C1=O)CC1Cc2ccccc2O1. The normalized spacial score (nSPS) is 24.3. The van der Waals surface area contributed by atoms with Crippen LogP contribution in [0.3, 0.4) is 0 Å². The van der Waals surface area contributed by atoms with Crippen molar-refractivity contribution < 1.29 is 23.9 Å². The third-order valence-electron chi connectivity index (χ3n) is 6.78. The zero-order valence-corrected chi connectivity index (χ0v) is 20.0. The molecule has 3 amide bonds. The predicted molar refractivity (Wildman–Crippen MR) is 124 cm³/mol. The van der Waals surface area contributed by atoms with Gasteiger partial charge in [-0.05, 0) is 58.1 Å². The van der Waals surface area contributed by atoms with Gasteiger partial charge < -0.3 is 14.4 Å². The molecular weight excluding hydrogens is 420 g/mol. The molecule has 2 aliphatic heterocycles. The topological polar surface area (TPSA) is 76.2 Å². The summed E-state index contributed by atoms with van der Waals surface area (Å²) in [6, 6.07) is 7.95. The molecule has 1 aromatic carbocycles. The standard InChI is InChI=1S/C26H36N2O5/c1-26(2,3)33-25(31)27(17-19-16-18-10-4-7-13-22(18)32-19)14-8-9-15-28-23(29)20-11-5-6-12-21(20)24(28)30/h4,7,10,13,19-21H,5-6,8-9,11-12,14-17H2,1-3H3/t19?,20-,21+. The first kappa shape index (κ1) is 23.6. The molecule has 0 spiro atoms. The number of hydrogen-bond donors (Lipinski definition) is 0. The summed E-state index contributed by atoms with van der Waals surface area (Å²) in [7, 11) is 0. The first-order valence-electron chi connectivity index (χ1n) is 12.3. The molecule has 1 aromatic rings. The number of imide groups is 1. The van der Waals surface area contributed by atoms with Gasteiger partial charge in [-0.3, -0.25) is 14.5 Å². The Hall–Kier alpha value is -2.57. The molecule has 7 nitrogen and oxygen atoms in total. The highest BCUT2D eigenvalue weighted by Crippen LogP contribution is 2.38. The molecule has 2 heterocycles. The minimum absolute atomic E-state index is 0.00539. The predicted octanol–water partition coefficient (Wildman–Crippen LogP) is 4.18. The number of para-hydroxylation sites is 1. The molecule has 4 rings (SSSR count). The molecule has 3 aliphatic rings. The molecular formula is C26H36N2O5. The fraction of sp³-hybridized carbons (Fsp3) is 0.654. The molecule has 33 heavy (non-hydrogen) atoms. The number of fused-ring (bicyclic) bond motifs is 2. The maximum absolute atomic E-state index is 12.9. The van der Waals surface area contributed by atoms with Crippen LogP contribution in [0, 0.1) is 11.8 Å². The van der Waals surface area contributed by atoms with Gasteiger partial charge in [-0.25, -0.2) is 4.79 Å². The number of nitrogens with zero attached hydrogens (tertiary/aromatic N) is 2. The highest BCUT2D eigenvalue weighted by molar-refractivity contribution is 6.05. The van der Waals surface area contributed by atoms with Crippen molar-refractivity contribution in [1.82, 2.24) is 9.80 Å². The molecule has 0 bridgehead atoms. The van der Waals surface area contributed by atoms with Gasteiger partial charge in [0.05, 0.1) is 18.4 Å². The molecule has 1 saturated carbocycles. The van der Waals surface area contributed by atoms with Gasteiger partial charge in [0.15, 0.2) is 0 Å². The Bertz CT molecular complexity index is 844. The van der Waals surface area contributed by atoms with E-state index in [-0.39, 0.29) is 35.8 Å². The van der Waals surface area contributed by atoms with Gasteiger partial charge in [0.1, 0.15) is 17.5 Å². The summed E-state index contributed by atoms with van der Waals surface area (Å²) in [6.07, 6.45) is 5.38. The summed E-state index contributed by atoms with van der Waals surface area (Å²) in [6.45, 7) is 6.93. The first-order valence-corrected chi connectivity index (χ1v) is 12.3. The van der Waals surface area contributed by atoms with E-state index >= 15 is 0 Å². The fourth-order valence-corrected chi connectivity index (χ4v) is 5.21. The fourth-order valence-electron chi connectivity index (χ4n) is 5.21. The minimum Gasteiger partial charge on any atom is -0.488 e. The third-order valence-corrected chi connectivity index (χ3v) is 6.78. The second-order valence-electron chi connectivity index (χ2n) is 10.5. The van der Waals surface area contributed by atoms with Crippen LogP contribution < -0.4 is 4.74 Å². The van der Waals surface area contributed by atoms with Crippen LogP contribution in [0.5, 0.6) is 5.75 Å². The van der Waals surface area contributed by atoms with Crippen LogP contribution in [0.4, 0.5) is 4.79 Å². The minimum atomic E-state index is -0.584. The van der Waals surface area contributed by atoms with E-state index in [2.05, 4.69) is 6.07 Å². The van der Waals surface area contributed by atoms with E-state index in [1.165, 1.54) is 4.90 Å². The zero-order valence-electron chi connectivity index (χ0n) is 20.0. The average Bonchev–Trinajstić information content (AvgIpc) is 3.28. The van der Waals surface area contributed by atoms with Gasteiger partial charge in [-0.15, -0.1) is 0 Å². The smallest absolute Gasteiger partial charge is 0.410 e. The van der Waals surface area contributed by atoms with Crippen LogP contribution in [0.15, 0.2) is 24.3 Å². The van der Waals surface area contributed by atoms with E-state index in [0.717, 1.165) is 43.4 Å². The van der Waals surface area contributed by atoms with Crippen LogP contribution in [0.25, 0.3) is 0 Å². The molecule has 0 radical (unpaired) electrons. The molecule has 180 valence electrons. The number of rotatable bonds is 7. The maximum atomic E-state index is 12.9. The Kier molecular flexibility index (Phi) is 6.96. The number of hydrogen-bond acceptors (Lipinski definition) is 5. The van der Waals surface area contributed by atoms with Crippen LogP contribution in [-0.2, 0) is 20.7 Å². The van der Waals surface area contributed by atoms with E-state index in [4.69, 9.17) is 9.47 Å². The lowest BCUT2D eigenvalue weighted by molar-refractivity contribution is -0.140. The number of carbonyl (C=O) groups is 3. The molecule has 0 N–H and O–H groups in total. The highest BCUT2D eigenvalue weighted by Gasteiger charge is 2.47. The number of benzene rings is 1. The summed E-state index contributed by atoms with van der Waals surface area (Å²) in [5.74, 6) is 0.673. The second-order valence-corrected chi connectivity index (χ2v) is 10.5. The molecule has 1 unspecified atom stereocenters. The van der Waals surface area contributed by atoms with Crippen molar-refractivity contribution in [3.05, 3.63) is 29.8 Å². The molecule has 1 saturated heterocycles. The van der Waals surface area contributed by atoms with Crippen LogP contribution >= 0.6 is 0 Å². The lowest BCUT2D eigenvalue weighted by Gasteiger charge is -2.29. The summed E-state index contributed by atoms with van der Waals surface area (Å²) in [5, 5.41) is 0. The quantitative estimate of drug-likeness (QED) is 0.454. The monoisotopic (exact) mass is 456 g/mol. The molecule has 1 aliphatic carbocycles. The van der Waals surface area contributed by atoms with Crippen LogP contribution in [0.2, 0.25) is 0 Å². The number of carbonyl (C=O) groups excluding carboxylic acids is 3. The van der Waals surface area contributed by atoms with Crippen LogP contribution in [-0.4, -0.2) is 59.0 Å². The Morgan fingerprint density at radius 2 is 1.76 bits per heavy atom. The Labute approximate surface area is 196 Å². The van der Waals surface area contributed by atoms with E-state index in [0.29, 0.717) is 32.5 Å². The largest absolute Gasteiger partial charge is 0.488 e. The van der Waals surface area contributed by atoms with Crippen molar-refractivity contribution in [3.63, 3.8) is 0 Å². The van der Waals surface area contributed by atoms with Gasteiger partial charge in [-0.1, -0.05) is 31.0 Å². The Morgan fingerprint density at radius 1 is 1.09 bits per heavy atom. The Balaban J connectivity index is 1.31. The Morgan fingerprint density at radius 3 is 2.39 bits per heavy atom.